The Labute approximate surface area is 64.3 Å². The number of hydrogen-bond donors (Lipinski definition) is 0. The van der Waals surface area contributed by atoms with Crippen LogP contribution in [0.3, 0.4) is 0 Å². The van der Waals surface area contributed by atoms with Gasteiger partial charge in [-0.25, -0.2) is 9.18 Å². The number of alkyl halides is 1. The van der Waals surface area contributed by atoms with Gasteiger partial charge >= 0.3 is 0 Å². The zero-order chi connectivity index (χ0) is 8.16. The van der Waals surface area contributed by atoms with Gasteiger partial charge in [0.15, 0.2) is 0 Å². The Balaban J connectivity index is 2.64. The summed E-state index contributed by atoms with van der Waals surface area (Å²) < 4.78 is 17.4. The van der Waals surface area contributed by atoms with Gasteiger partial charge in [0.25, 0.3) is 0 Å². The molecule has 0 N–H and O–H groups in total. The predicted molar refractivity (Wildman–Crippen MR) is 36.9 cm³/mol. The van der Waals surface area contributed by atoms with Crippen LogP contribution < -0.4 is 0 Å². The third-order valence-electron chi connectivity index (χ3n) is 1.96. The van der Waals surface area contributed by atoms with E-state index in [0.717, 1.165) is 0 Å². The van der Waals surface area contributed by atoms with Gasteiger partial charge in [-0.05, 0) is 12.8 Å². The molecule has 1 saturated heterocycles. The van der Waals surface area contributed by atoms with Crippen LogP contribution in [0.4, 0.5) is 4.39 Å². The first-order chi connectivity index (χ1) is 5.33. The SMILES string of the molecule is O=C=NC1(CF)CCOCC1. The highest BCUT2D eigenvalue weighted by Crippen LogP contribution is 2.24. The molecule has 0 aromatic carbocycles. The van der Waals surface area contributed by atoms with E-state index in [1.807, 2.05) is 0 Å². The molecule has 1 fully saturated rings. The molecule has 0 unspecified atom stereocenters. The summed E-state index contributed by atoms with van der Waals surface area (Å²) in [6.45, 7) is 0.371. The van der Waals surface area contributed by atoms with Crippen molar-refractivity contribution in [2.75, 3.05) is 19.9 Å². The van der Waals surface area contributed by atoms with Crippen LogP contribution in [0.1, 0.15) is 12.8 Å². The second-order valence-corrected chi connectivity index (χ2v) is 2.67. The van der Waals surface area contributed by atoms with Crippen LogP contribution in [0.25, 0.3) is 0 Å². The Hall–Kier alpha value is -0.730. The Morgan fingerprint density at radius 1 is 1.55 bits per heavy atom. The molecule has 1 aliphatic heterocycles. The lowest BCUT2D eigenvalue weighted by Crippen LogP contribution is -2.36. The van der Waals surface area contributed by atoms with Crippen molar-refractivity contribution in [3.63, 3.8) is 0 Å². The van der Waals surface area contributed by atoms with Gasteiger partial charge in [0.2, 0.25) is 6.08 Å². The first-order valence-corrected chi connectivity index (χ1v) is 3.56. The van der Waals surface area contributed by atoms with Crippen molar-refractivity contribution < 1.29 is 13.9 Å². The van der Waals surface area contributed by atoms with Gasteiger partial charge in [0.05, 0.1) is 0 Å². The lowest BCUT2D eigenvalue weighted by Gasteiger charge is -2.28. The molecule has 0 atom stereocenters. The van der Waals surface area contributed by atoms with E-state index in [0.29, 0.717) is 26.1 Å². The van der Waals surface area contributed by atoms with Gasteiger partial charge < -0.3 is 4.74 Å². The maximum atomic E-state index is 12.4. The van der Waals surface area contributed by atoms with Gasteiger partial charge in [-0.15, -0.1) is 0 Å². The molecule has 62 valence electrons. The number of rotatable bonds is 2. The van der Waals surface area contributed by atoms with Gasteiger partial charge in [-0.1, -0.05) is 0 Å². The quantitative estimate of drug-likeness (QED) is 0.442. The Morgan fingerprint density at radius 2 is 2.18 bits per heavy atom. The topological polar surface area (TPSA) is 38.7 Å². The monoisotopic (exact) mass is 159 g/mol. The standard InChI is InChI=1S/C7H10FNO2/c8-5-7(9-6-10)1-3-11-4-2-7/h1-5H2. The summed E-state index contributed by atoms with van der Waals surface area (Å²) in [6, 6.07) is 0. The molecule has 0 aromatic rings. The van der Waals surface area contributed by atoms with Crippen LogP contribution in [0.15, 0.2) is 4.99 Å². The summed E-state index contributed by atoms with van der Waals surface area (Å²) in [4.78, 5) is 13.4. The minimum absolute atomic E-state index is 0.481. The van der Waals surface area contributed by atoms with E-state index in [9.17, 15) is 9.18 Å². The predicted octanol–water partition coefficient (Wildman–Crippen LogP) is 0.841. The summed E-state index contributed by atoms with van der Waals surface area (Å²) >= 11 is 0. The van der Waals surface area contributed by atoms with Crippen molar-refractivity contribution in [3.8, 4) is 0 Å². The Bertz CT molecular complexity index is 171. The molecule has 4 heteroatoms. The van der Waals surface area contributed by atoms with Crippen LogP contribution in [-0.2, 0) is 9.53 Å². The molecule has 0 amide bonds. The summed E-state index contributed by atoms with van der Waals surface area (Å²) in [7, 11) is 0. The molecule has 0 radical (unpaired) electrons. The number of carbonyl (C=O) groups excluding carboxylic acids is 1. The Morgan fingerprint density at radius 3 is 2.64 bits per heavy atom. The number of halogens is 1. The molecule has 1 heterocycles. The van der Waals surface area contributed by atoms with Gasteiger partial charge in [0.1, 0.15) is 12.2 Å². The first-order valence-electron chi connectivity index (χ1n) is 3.56. The van der Waals surface area contributed by atoms with Crippen molar-refractivity contribution in [2.45, 2.75) is 18.4 Å². The van der Waals surface area contributed by atoms with Gasteiger partial charge in [-0.3, -0.25) is 0 Å². The van der Waals surface area contributed by atoms with Crippen molar-refractivity contribution in [2.24, 2.45) is 4.99 Å². The highest BCUT2D eigenvalue weighted by Gasteiger charge is 2.32. The zero-order valence-electron chi connectivity index (χ0n) is 6.18. The maximum Gasteiger partial charge on any atom is 0.235 e. The van der Waals surface area contributed by atoms with Crippen LogP contribution in [0.2, 0.25) is 0 Å². The average molecular weight is 159 g/mol. The molecule has 3 nitrogen and oxygen atoms in total. The van der Waals surface area contributed by atoms with E-state index >= 15 is 0 Å². The maximum absolute atomic E-state index is 12.4. The van der Waals surface area contributed by atoms with Crippen LogP contribution >= 0.6 is 0 Å². The zero-order valence-corrected chi connectivity index (χ0v) is 6.18. The van der Waals surface area contributed by atoms with Gasteiger partial charge in [-0.2, -0.15) is 4.99 Å². The van der Waals surface area contributed by atoms with Crippen molar-refractivity contribution in [3.05, 3.63) is 0 Å². The summed E-state index contributed by atoms with van der Waals surface area (Å²) in [5.74, 6) is 0. The van der Waals surface area contributed by atoms with Gasteiger partial charge in [0, 0.05) is 13.2 Å². The van der Waals surface area contributed by atoms with E-state index in [1.165, 1.54) is 6.08 Å². The number of isocyanates is 1. The smallest absolute Gasteiger partial charge is 0.235 e. The van der Waals surface area contributed by atoms with Crippen LogP contribution in [0, 0.1) is 0 Å². The molecule has 1 rings (SSSR count). The molecule has 0 aromatic heterocycles. The lowest BCUT2D eigenvalue weighted by molar-refractivity contribution is 0.0449. The summed E-state index contributed by atoms with van der Waals surface area (Å²) in [5, 5.41) is 0. The highest BCUT2D eigenvalue weighted by atomic mass is 19.1. The highest BCUT2D eigenvalue weighted by molar-refractivity contribution is 5.35. The summed E-state index contributed by atoms with van der Waals surface area (Å²) in [5.41, 5.74) is -0.819. The number of aliphatic imine (C=N–C) groups is 1. The average Bonchev–Trinajstić information content (AvgIpc) is 2.07. The molecule has 1 aliphatic rings. The molecule has 0 bridgehead atoms. The fraction of sp³-hybridized carbons (Fsp3) is 0.857. The van der Waals surface area contributed by atoms with Crippen molar-refractivity contribution >= 4 is 6.08 Å². The normalized spacial score (nSPS) is 22.3. The van der Waals surface area contributed by atoms with Crippen molar-refractivity contribution in [1.82, 2.24) is 0 Å². The second-order valence-electron chi connectivity index (χ2n) is 2.67. The molecule has 0 saturated carbocycles. The van der Waals surface area contributed by atoms with E-state index < -0.39 is 12.2 Å². The van der Waals surface area contributed by atoms with E-state index in [2.05, 4.69) is 4.99 Å². The third-order valence-corrected chi connectivity index (χ3v) is 1.96. The van der Waals surface area contributed by atoms with Crippen molar-refractivity contribution in [1.29, 1.82) is 0 Å². The van der Waals surface area contributed by atoms with E-state index in [-0.39, 0.29) is 0 Å². The fourth-order valence-electron chi connectivity index (χ4n) is 1.12. The fourth-order valence-corrected chi connectivity index (χ4v) is 1.12. The molecular weight excluding hydrogens is 149 g/mol. The largest absolute Gasteiger partial charge is 0.381 e. The molecule has 11 heavy (non-hydrogen) atoms. The number of nitrogens with zero attached hydrogens (tertiary/aromatic N) is 1. The second kappa shape index (κ2) is 3.60. The molecule has 0 spiro atoms. The minimum atomic E-state index is -0.819. The third kappa shape index (κ3) is 1.85. The van der Waals surface area contributed by atoms with Crippen LogP contribution in [-0.4, -0.2) is 31.5 Å². The number of ether oxygens (including phenoxy) is 1. The lowest BCUT2D eigenvalue weighted by atomic mass is 9.93. The first kappa shape index (κ1) is 8.37. The Kier molecular flexibility index (Phi) is 2.74. The summed E-state index contributed by atoms with van der Waals surface area (Å²) in [6.07, 6.45) is 2.38. The molecular formula is C7H10FNO2. The van der Waals surface area contributed by atoms with Crippen LogP contribution in [0.5, 0.6) is 0 Å². The van der Waals surface area contributed by atoms with E-state index in [1.54, 1.807) is 0 Å². The minimum Gasteiger partial charge on any atom is -0.381 e. The molecule has 0 aliphatic carbocycles. The number of hydrogen-bond acceptors (Lipinski definition) is 3. The van der Waals surface area contributed by atoms with E-state index in [4.69, 9.17) is 4.74 Å².